The molecule has 0 fully saturated rings. The maximum atomic E-state index is 12.5. The number of sulfonamides is 1. The van der Waals surface area contributed by atoms with Crippen LogP contribution >= 0.6 is 11.6 Å². The smallest absolute Gasteiger partial charge is 0.241 e. The number of halogens is 1. The number of nitrogens with one attached hydrogen (secondary N) is 1. The summed E-state index contributed by atoms with van der Waals surface area (Å²) in [5, 5.41) is 0.297. The zero-order valence-corrected chi connectivity index (χ0v) is 13.4. The van der Waals surface area contributed by atoms with E-state index in [2.05, 4.69) is 4.72 Å². The number of anilines is 1. The summed E-state index contributed by atoms with van der Waals surface area (Å²) in [4.78, 5) is 0.107. The molecule has 2 aromatic carbocycles. The Morgan fingerprint density at radius 2 is 1.81 bits per heavy atom. The lowest BCUT2D eigenvalue weighted by atomic mass is 10.1. The summed E-state index contributed by atoms with van der Waals surface area (Å²) >= 11 is 5.91. The Morgan fingerprint density at radius 1 is 1.19 bits per heavy atom. The van der Waals surface area contributed by atoms with E-state index in [-0.39, 0.29) is 10.9 Å². The fourth-order valence-electron chi connectivity index (χ4n) is 2.06. The van der Waals surface area contributed by atoms with E-state index in [0.717, 1.165) is 5.56 Å². The van der Waals surface area contributed by atoms with Gasteiger partial charge in [0.1, 0.15) is 0 Å². The zero-order chi connectivity index (χ0) is 15.6. The Labute approximate surface area is 130 Å². The zero-order valence-electron chi connectivity index (χ0n) is 11.8. The lowest BCUT2D eigenvalue weighted by Crippen LogP contribution is -2.27. The van der Waals surface area contributed by atoms with Crippen molar-refractivity contribution in [3.05, 3.63) is 58.6 Å². The van der Waals surface area contributed by atoms with Crippen molar-refractivity contribution < 1.29 is 8.42 Å². The molecule has 2 aromatic rings. The molecule has 0 amide bonds. The SMILES string of the molecule is Cc1c(N)cc(Cl)cc1S(=O)(=O)N[C@@H](C)c1ccccc1. The van der Waals surface area contributed by atoms with Gasteiger partial charge in [-0.15, -0.1) is 0 Å². The van der Waals surface area contributed by atoms with Crippen LogP contribution in [-0.2, 0) is 10.0 Å². The predicted octanol–water partition coefficient (Wildman–Crippen LogP) is 3.27. The van der Waals surface area contributed by atoms with Gasteiger partial charge >= 0.3 is 0 Å². The summed E-state index contributed by atoms with van der Waals surface area (Å²) in [5.41, 5.74) is 7.52. The monoisotopic (exact) mass is 324 g/mol. The lowest BCUT2D eigenvalue weighted by molar-refractivity contribution is 0.566. The van der Waals surface area contributed by atoms with Crippen molar-refractivity contribution in [2.45, 2.75) is 24.8 Å². The Hall–Kier alpha value is -1.56. The highest BCUT2D eigenvalue weighted by Gasteiger charge is 2.22. The van der Waals surface area contributed by atoms with E-state index < -0.39 is 10.0 Å². The number of benzene rings is 2. The van der Waals surface area contributed by atoms with Gasteiger partial charge in [-0.25, -0.2) is 13.1 Å². The molecule has 0 aliphatic carbocycles. The van der Waals surface area contributed by atoms with Crippen LogP contribution in [0.5, 0.6) is 0 Å². The molecule has 21 heavy (non-hydrogen) atoms. The standard InChI is InChI=1S/C15H17ClN2O2S/c1-10-14(17)8-13(16)9-15(10)21(19,20)18-11(2)12-6-4-3-5-7-12/h3-9,11,18H,17H2,1-2H3/t11-/m0/s1. The summed E-state index contributed by atoms with van der Waals surface area (Å²) in [6.45, 7) is 3.45. The minimum atomic E-state index is -3.70. The van der Waals surface area contributed by atoms with Crippen LogP contribution in [0.15, 0.2) is 47.4 Å². The maximum absolute atomic E-state index is 12.5. The molecule has 0 bridgehead atoms. The van der Waals surface area contributed by atoms with Gasteiger partial charge in [0.2, 0.25) is 10.0 Å². The second kappa shape index (κ2) is 6.05. The quantitative estimate of drug-likeness (QED) is 0.848. The van der Waals surface area contributed by atoms with Crippen molar-refractivity contribution in [3.8, 4) is 0 Å². The fraction of sp³-hybridized carbons (Fsp3) is 0.200. The van der Waals surface area contributed by atoms with Crippen LogP contribution in [0.2, 0.25) is 5.02 Å². The van der Waals surface area contributed by atoms with Gasteiger partial charge < -0.3 is 5.73 Å². The molecule has 112 valence electrons. The van der Waals surface area contributed by atoms with Gasteiger partial charge in [0.25, 0.3) is 0 Å². The largest absolute Gasteiger partial charge is 0.398 e. The second-order valence-corrected chi connectivity index (χ2v) is 6.99. The first-order valence-electron chi connectivity index (χ1n) is 6.44. The molecule has 4 nitrogen and oxygen atoms in total. The molecule has 2 rings (SSSR count). The van der Waals surface area contributed by atoms with Crippen molar-refractivity contribution in [1.29, 1.82) is 0 Å². The summed E-state index contributed by atoms with van der Waals surface area (Å²) in [7, 11) is -3.70. The summed E-state index contributed by atoms with van der Waals surface area (Å²) in [5.74, 6) is 0. The third-order valence-corrected chi connectivity index (χ3v) is 5.17. The van der Waals surface area contributed by atoms with E-state index in [1.54, 1.807) is 13.8 Å². The Morgan fingerprint density at radius 3 is 2.43 bits per heavy atom. The topological polar surface area (TPSA) is 72.2 Å². The van der Waals surface area contributed by atoms with Crippen molar-refractivity contribution in [2.24, 2.45) is 0 Å². The first-order valence-corrected chi connectivity index (χ1v) is 8.30. The molecular formula is C15H17ClN2O2S. The lowest BCUT2D eigenvalue weighted by Gasteiger charge is -2.16. The number of rotatable bonds is 4. The van der Waals surface area contributed by atoms with Crippen LogP contribution < -0.4 is 10.5 Å². The van der Waals surface area contributed by atoms with E-state index in [1.807, 2.05) is 30.3 Å². The minimum Gasteiger partial charge on any atom is -0.398 e. The normalized spacial score (nSPS) is 13.1. The molecule has 0 unspecified atom stereocenters. The molecule has 6 heteroatoms. The van der Waals surface area contributed by atoms with E-state index in [9.17, 15) is 8.42 Å². The first kappa shape index (κ1) is 15.8. The molecule has 0 heterocycles. The van der Waals surface area contributed by atoms with E-state index >= 15 is 0 Å². The molecule has 0 aromatic heterocycles. The van der Waals surface area contributed by atoms with Crippen LogP contribution in [0.25, 0.3) is 0 Å². The van der Waals surface area contributed by atoms with Crippen LogP contribution in [-0.4, -0.2) is 8.42 Å². The molecule has 3 N–H and O–H groups in total. The van der Waals surface area contributed by atoms with E-state index in [4.69, 9.17) is 17.3 Å². The third-order valence-electron chi connectivity index (χ3n) is 3.29. The highest BCUT2D eigenvalue weighted by atomic mass is 35.5. The van der Waals surface area contributed by atoms with Gasteiger partial charge in [-0.05, 0) is 37.1 Å². The highest BCUT2D eigenvalue weighted by molar-refractivity contribution is 7.89. The Balaban J connectivity index is 2.35. The summed E-state index contributed by atoms with van der Waals surface area (Å²) < 4.78 is 27.7. The van der Waals surface area contributed by atoms with Gasteiger partial charge in [-0.2, -0.15) is 0 Å². The molecule has 0 aliphatic rings. The van der Waals surface area contributed by atoms with E-state index in [1.165, 1.54) is 12.1 Å². The van der Waals surface area contributed by atoms with Crippen LogP contribution in [0.3, 0.4) is 0 Å². The van der Waals surface area contributed by atoms with Gasteiger partial charge in [0, 0.05) is 16.8 Å². The molecule has 0 saturated carbocycles. The summed E-state index contributed by atoms with van der Waals surface area (Å²) in [6.07, 6.45) is 0. The molecule has 0 saturated heterocycles. The van der Waals surface area contributed by atoms with Crippen LogP contribution in [0.1, 0.15) is 24.1 Å². The number of nitrogen functional groups attached to an aromatic ring is 1. The Kier molecular flexibility index (Phi) is 4.56. The fourth-order valence-corrected chi connectivity index (χ4v) is 3.88. The number of nitrogens with two attached hydrogens (primary N) is 1. The number of hydrogen-bond donors (Lipinski definition) is 2. The van der Waals surface area contributed by atoms with Crippen molar-refractivity contribution in [2.75, 3.05) is 5.73 Å². The predicted molar refractivity (Wildman–Crippen MR) is 85.8 cm³/mol. The van der Waals surface area contributed by atoms with E-state index in [0.29, 0.717) is 16.3 Å². The van der Waals surface area contributed by atoms with Crippen LogP contribution in [0, 0.1) is 6.92 Å². The van der Waals surface area contributed by atoms with Crippen molar-refractivity contribution >= 4 is 27.3 Å². The van der Waals surface area contributed by atoms with Gasteiger partial charge in [0.15, 0.2) is 0 Å². The third kappa shape index (κ3) is 3.56. The maximum Gasteiger partial charge on any atom is 0.241 e. The molecule has 0 aliphatic heterocycles. The number of hydrogen-bond acceptors (Lipinski definition) is 3. The molecule has 0 spiro atoms. The minimum absolute atomic E-state index is 0.107. The highest BCUT2D eigenvalue weighted by Crippen LogP contribution is 2.27. The van der Waals surface area contributed by atoms with Crippen LogP contribution in [0.4, 0.5) is 5.69 Å². The molecule has 0 radical (unpaired) electrons. The molecular weight excluding hydrogens is 308 g/mol. The average Bonchev–Trinajstić information content (AvgIpc) is 2.43. The second-order valence-electron chi connectivity index (χ2n) is 4.87. The summed E-state index contributed by atoms with van der Waals surface area (Å²) in [6, 6.07) is 11.9. The Bertz CT molecular complexity index is 746. The van der Waals surface area contributed by atoms with Gasteiger partial charge in [-0.1, -0.05) is 41.9 Å². The van der Waals surface area contributed by atoms with Crippen molar-refractivity contribution in [1.82, 2.24) is 4.72 Å². The van der Waals surface area contributed by atoms with Crippen molar-refractivity contribution in [3.63, 3.8) is 0 Å². The van der Waals surface area contributed by atoms with Gasteiger partial charge in [-0.3, -0.25) is 0 Å². The average molecular weight is 325 g/mol. The first-order chi connectivity index (χ1) is 9.81. The molecule has 1 atom stereocenters. The van der Waals surface area contributed by atoms with Gasteiger partial charge in [0.05, 0.1) is 4.90 Å².